The van der Waals surface area contributed by atoms with Crippen molar-refractivity contribution >= 4 is 11.7 Å². The topological polar surface area (TPSA) is 35.6 Å². The molecule has 1 saturated heterocycles. The zero-order valence-electron chi connectivity index (χ0n) is 14.9. The highest BCUT2D eigenvalue weighted by Gasteiger charge is 2.25. The van der Waals surface area contributed by atoms with E-state index in [0.717, 1.165) is 44.6 Å². The SMILES string of the molecule is CN(CCc1ccccc1)C1CCN(C(=O)Nc2ccccc2)CC1. The molecule has 0 radical (unpaired) electrons. The maximum atomic E-state index is 12.4. The molecule has 1 heterocycles. The van der Waals surface area contributed by atoms with E-state index in [2.05, 4.69) is 47.6 Å². The summed E-state index contributed by atoms with van der Waals surface area (Å²) < 4.78 is 0. The number of piperidine rings is 1. The number of rotatable bonds is 5. The molecule has 0 unspecified atom stereocenters. The molecule has 1 aliphatic heterocycles. The molecule has 0 aromatic heterocycles. The number of benzene rings is 2. The minimum Gasteiger partial charge on any atom is -0.324 e. The quantitative estimate of drug-likeness (QED) is 0.899. The van der Waals surface area contributed by atoms with E-state index >= 15 is 0 Å². The van der Waals surface area contributed by atoms with E-state index in [4.69, 9.17) is 0 Å². The molecule has 2 aromatic carbocycles. The molecule has 0 spiro atoms. The Morgan fingerprint density at radius 3 is 2.28 bits per heavy atom. The molecule has 0 atom stereocenters. The number of para-hydroxylation sites is 1. The van der Waals surface area contributed by atoms with Crippen LogP contribution in [0.1, 0.15) is 18.4 Å². The van der Waals surface area contributed by atoms with E-state index in [9.17, 15) is 4.79 Å². The fraction of sp³-hybridized carbons (Fsp3) is 0.381. The molecular formula is C21H27N3O. The van der Waals surface area contributed by atoms with Gasteiger partial charge >= 0.3 is 6.03 Å². The van der Waals surface area contributed by atoms with Gasteiger partial charge in [0, 0.05) is 31.4 Å². The van der Waals surface area contributed by atoms with Gasteiger partial charge in [0.05, 0.1) is 0 Å². The van der Waals surface area contributed by atoms with E-state index in [0.29, 0.717) is 6.04 Å². The van der Waals surface area contributed by atoms with Crippen molar-refractivity contribution in [3.8, 4) is 0 Å². The number of hydrogen-bond donors (Lipinski definition) is 1. The van der Waals surface area contributed by atoms with Crippen LogP contribution in [0, 0.1) is 0 Å². The van der Waals surface area contributed by atoms with E-state index in [1.165, 1.54) is 5.56 Å². The van der Waals surface area contributed by atoms with Crippen LogP contribution in [-0.2, 0) is 6.42 Å². The highest BCUT2D eigenvalue weighted by molar-refractivity contribution is 5.89. The average molecular weight is 337 g/mol. The molecule has 4 nitrogen and oxygen atoms in total. The van der Waals surface area contributed by atoms with E-state index < -0.39 is 0 Å². The summed E-state index contributed by atoms with van der Waals surface area (Å²) in [5.74, 6) is 0. The molecule has 0 saturated carbocycles. The van der Waals surface area contributed by atoms with Crippen molar-refractivity contribution in [3.63, 3.8) is 0 Å². The number of hydrogen-bond acceptors (Lipinski definition) is 2. The molecule has 1 fully saturated rings. The van der Waals surface area contributed by atoms with Crippen LogP contribution in [0.25, 0.3) is 0 Å². The maximum absolute atomic E-state index is 12.4. The number of likely N-dealkylation sites (N-methyl/N-ethyl adjacent to an activating group) is 1. The summed E-state index contributed by atoms with van der Waals surface area (Å²) in [6.45, 7) is 2.70. The minimum atomic E-state index is 0.0107. The summed E-state index contributed by atoms with van der Waals surface area (Å²) in [5.41, 5.74) is 2.24. The van der Waals surface area contributed by atoms with Gasteiger partial charge in [0.2, 0.25) is 0 Å². The Morgan fingerprint density at radius 1 is 1.04 bits per heavy atom. The fourth-order valence-corrected chi connectivity index (χ4v) is 3.37. The Hall–Kier alpha value is -2.33. The number of amides is 2. The van der Waals surface area contributed by atoms with E-state index in [1.807, 2.05) is 35.2 Å². The third kappa shape index (κ3) is 5.07. The predicted molar refractivity (Wildman–Crippen MR) is 103 cm³/mol. The lowest BCUT2D eigenvalue weighted by Crippen LogP contribution is -2.47. The van der Waals surface area contributed by atoms with Crippen molar-refractivity contribution in [3.05, 3.63) is 66.2 Å². The Balaban J connectivity index is 1.42. The molecule has 4 heteroatoms. The monoisotopic (exact) mass is 337 g/mol. The van der Waals surface area contributed by atoms with Crippen molar-refractivity contribution in [2.24, 2.45) is 0 Å². The highest BCUT2D eigenvalue weighted by atomic mass is 16.2. The van der Waals surface area contributed by atoms with Gasteiger partial charge in [0.25, 0.3) is 0 Å². The highest BCUT2D eigenvalue weighted by Crippen LogP contribution is 2.17. The van der Waals surface area contributed by atoms with Crippen LogP contribution >= 0.6 is 0 Å². The molecule has 1 aliphatic rings. The molecule has 0 aliphatic carbocycles. The summed E-state index contributed by atoms with van der Waals surface area (Å²) in [7, 11) is 2.20. The molecule has 25 heavy (non-hydrogen) atoms. The standard InChI is InChI=1S/C21H27N3O/c1-23(15-12-18-8-4-2-5-9-18)20-13-16-24(17-14-20)21(25)22-19-10-6-3-7-11-19/h2-11,20H,12-17H2,1H3,(H,22,25). The van der Waals surface area contributed by atoms with Crippen molar-refractivity contribution in [1.29, 1.82) is 0 Å². The van der Waals surface area contributed by atoms with Crippen molar-refractivity contribution in [2.75, 3.05) is 32.0 Å². The molecule has 3 rings (SSSR count). The Kier molecular flexibility index (Phi) is 6.07. The maximum Gasteiger partial charge on any atom is 0.321 e. The first kappa shape index (κ1) is 17.5. The van der Waals surface area contributed by atoms with Gasteiger partial charge in [-0.3, -0.25) is 0 Å². The lowest BCUT2D eigenvalue weighted by atomic mass is 10.0. The molecule has 132 valence electrons. The normalized spacial score (nSPS) is 15.4. The van der Waals surface area contributed by atoms with E-state index in [1.54, 1.807) is 0 Å². The zero-order valence-corrected chi connectivity index (χ0v) is 14.9. The van der Waals surface area contributed by atoms with Gasteiger partial charge in [-0.15, -0.1) is 0 Å². The van der Waals surface area contributed by atoms with Crippen molar-refractivity contribution in [2.45, 2.75) is 25.3 Å². The number of urea groups is 1. The summed E-state index contributed by atoms with van der Waals surface area (Å²) in [6.07, 6.45) is 3.15. The second-order valence-corrected chi connectivity index (χ2v) is 6.73. The van der Waals surface area contributed by atoms with Crippen molar-refractivity contribution in [1.82, 2.24) is 9.80 Å². The summed E-state index contributed by atoms with van der Waals surface area (Å²) in [5, 5.41) is 2.98. The third-order valence-electron chi connectivity index (χ3n) is 5.00. The first-order valence-electron chi connectivity index (χ1n) is 9.07. The van der Waals surface area contributed by atoms with E-state index in [-0.39, 0.29) is 6.03 Å². The zero-order chi connectivity index (χ0) is 17.5. The number of nitrogens with zero attached hydrogens (tertiary/aromatic N) is 2. The van der Waals surface area contributed by atoms with Crippen molar-refractivity contribution < 1.29 is 4.79 Å². The fourth-order valence-electron chi connectivity index (χ4n) is 3.37. The molecule has 2 amide bonds. The summed E-state index contributed by atoms with van der Waals surface area (Å²) in [4.78, 5) is 16.7. The number of likely N-dealkylation sites (tertiary alicyclic amines) is 1. The molecule has 2 aromatic rings. The first-order valence-corrected chi connectivity index (χ1v) is 9.07. The third-order valence-corrected chi connectivity index (χ3v) is 5.00. The number of carbonyl (C=O) groups is 1. The van der Waals surface area contributed by atoms with Gasteiger partial charge < -0.3 is 15.1 Å². The summed E-state index contributed by atoms with van der Waals surface area (Å²) >= 11 is 0. The molecule has 0 bridgehead atoms. The van der Waals surface area contributed by atoms with Gasteiger partial charge in [-0.05, 0) is 44.0 Å². The second kappa shape index (κ2) is 8.67. The van der Waals surface area contributed by atoms with Gasteiger partial charge in [-0.2, -0.15) is 0 Å². The van der Waals surface area contributed by atoms with Crippen LogP contribution in [0.2, 0.25) is 0 Å². The number of nitrogens with one attached hydrogen (secondary N) is 1. The van der Waals surface area contributed by atoms with Gasteiger partial charge in [0.15, 0.2) is 0 Å². The van der Waals surface area contributed by atoms with Crippen LogP contribution in [0.3, 0.4) is 0 Å². The molecule has 1 N–H and O–H groups in total. The molecular weight excluding hydrogens is 310 g/mol. The van der Waals surface area contributed by atoms with Crippen LogP contribution in [0.5, 0.6) is 0 Å². The minimum absolute atomic E-state index is 0.0107. The lowest BCUT2D eigenvalue weighted by molar-refractivity contribution is 0.142. The van der Waals surface area contributed by atoms with Crippen LogP contribution < -0.4 is 5.32 Å². The van der Waals surface area contributed by atoms with Gasteiger partial charge in [-0.1, -0.05) is 48.5 Å². The Labute approximate surface area is 150 Å². The average Bonchev–Trinajstić information content (AvgIpc) is 2.68. The van der Waals surface area contributed by atoms with Gasteiger partial charge in [0.1, 0.15) is 0 Å². The largest absolute Gasteiger partial charge is 0.324 e. The van der Waals surface area contributed by atoms with Crippen LogP contribution in [0.15, 0.2) is 60.7 Å². The number of anilines is 1. The number of carbonyl (C=O) groups excluding carboxylic acids is 1. The lowest BCUT2D eigenvalue weighted by Gasteiger charge is -2.36. The van der Waals surface area contributed by atoms with Crippen LogP contribution in [-0.4, -0.2) is 48.6 Å². The summed E-state index contributed by atoms with van der Waals surface area (Å²) in [6, 6.07) is 20.8. The van der Waals surface area contributed by atoms with Crippen LogP contribution in [0.4, 0.5) is 10.5 Å². The predicted octanol–water partition coefficient (Wildman–Crippen LogP) is 3.86. The Morgan fingerprint density at radius 2 is 1.64 bits per heavy atom. The Bertz CT molecular complexity index is 651. The first-order chi connectivity index (χ1) is 12.2. The van der Waals surface area contributed by atoms with Gasteiger partial charge in [-0.25, -0.2) is 4.79 Å². The smallest absolute Gasteiger partial charge is 0.321 e. The second-order valence-electron chi connectivity index (χ2n) is 6.73.